The lowest BCUT2D eigenvalue weighted by Gasteiger charge is -2.15. The molecule has 0 saturated carbocycles. The average Bonchev–Trinajstić information content (AvgIpc) is 2.12. The van der Waals surface area contributed by atoms with E-state index in [1.54, 1.807) is 7.05 Å². The molecule has 0 aliphatic heterocycles. The van der Waals surface area contributed by atoms with Gasteiger partial charge in [-0.05, 0) is 13.3 Å². The highest BCUT2D eigenvalue weighted by Crippen LogP contribution is 1.95. The first-order valence-corrected chi connectivity index (χ1v) is 4.65. The molecule has 0 fully saturated rings. The average molecular weight is 189 g/mol. The molecule has 0 saturated heterocycles. The van der Waals surface area contributed by atoms with Crippen LogP contribution in [0, 0.1) is 0 Å². The second-order valence-corrected chi connectivity index (χ2v) is 2.84. The molecule has 0 aromatic carbocycles. The second-order valence-electron chi connectivity index (χ2n) is 2.84. The molecule has 0 aromatic heterocycles. The van der Waals surface area contributed by atoms with Crippen molar-refractivity contribution in [2.24, 2.45) is 0 Å². The van der Waals surface area contributed by atoms with Crippen LogP contribution in [-0.4, -0.2) is 49.3 Å². The first kappa shape index (κ1) is 12.4. The lowest BCUT2D eigenvalue weighted by molar-refractivity contribution is -0.130. The highest BCUT2D eigenvalue weighted by Gasteiger charge is 2.06. The number of nitrogens with zero attached hydrogens (tertiary/aromatic N) is 1. The number of ether oxygens (including phenoxy) is 1. The third kappa shape index (κ3) is 6.54. The summed E-state index contributed by atoms with van der Waals surface area (Å²) in [6.07, 6.45) is 1.25. The van der Waals surface area contributed by atoms with Gasteiger partial charge in [-0.1, -0.05) is 0 Å². The quantitative estimate of drug-likeness (QED) is 0.584. The van der Waals surface area contributed by atoms with Crippen molar-refractivity contribution in [2.45, 2.75) is 19.8 Å². The summed E-state index contributed by atoms with van der Waals surface area (Å²) in [7, 11) is 1.69. The van der Waals surface area contributed by atoms with E-state index < -0.39 is 0 Å². The van der Waals surface area contributed by atoms with Gasteiger partial charge >= 0.3 is 0 Å². The van der Waals surface area contributed by atoms with Gasteiger partial charge in [-0.25, -0.2) is 0 Å². The van der Waals surface area contributed by atoms with E-state index in [9.17, 15) is 4.79 Å². The van der Waals surface area contributed by atoms with Gasteiger partial charge in [0.2, 0.25) is 5.91 Å². The number of likely N-dealkylation sites (N-methyl/N-ethyl adjacent to an activating group) is 1. The van der Waals surface area contributed by atoms with Crippen molar-refractivity contribution in [1.82, 2.24) is 4.90 Å². The molecule has 1 amide bonds. The van der Waals surface area contributed by atoms with E-state index in [-0.39, 0.29) is 12.5 Å². The van der Waals surface area contributed by atoms with Gasteiger partial charge in [-0.15, -0.1) is 0 Å². The summed E-state index contributed by atoms with van der Waals surface area (Å²) in [4.78, 5) is 12.8. The third-order valence-corrected chi connectivity index (χ3v) is 1.74. The molecule has 0 radical (unpaired) electrons. The predicted molar refractivity (Wildman–Crippen MR) is 50.4 cm³/mol. The Labute approximate surface area is 79.5 Å². The van der Waals surface area contributed by atoms with Crippen LogP contribution in [0.4, 0.5) is 0 Å². The summed E-state index contributed by atoms with van der Waals surface area (Å²) in [5.74, 6) is 0.0637. The zero-order chi connectivity index (χ0) is 10.1. The summed E-state index contributed by atoms with van der Waals surface area (Å²) in [6, 6.07) is 0. The zero-order valence-electron chi connectivity index (χ0n) is 8.45. The van der Waals surface area contributed by atoms with Crippen molar-refractivity contribution in [3.8, 4) is 0 Å². The molecule has 0 aliphatic rings. The number of carbonyl (C=O) groups is 1. The number of aliphatic hydroxyl groups is 1. The fourth-order valence-corrected chi connectivity index (χ4v) is 0.935. The Morgan fingerprint density at radius 3 is 2.77 bits per heavy atom. The minimum absolute atomic E-state index is 0.0215. The predicted octanol–water partition coefficient (Wildman–Crippen LogP) is 0.254. The van der Waals surface area contributed by atoms with E-state index in [2.05, 4.69) is 0 Å². The lowest BCUT2D eigenvalue weighted by atomic mass is 10.3. The van der Waals surface area contributed by atoms with Crippen LogP contribution in [0.15, 0.2) is 0 Å². The lowest BCUT2D eigenvalue weighted by Crippen LogP contribution is -2.29. The van der Waals surface area contributed by atoms with Crippen molar-refractivity contribution in [3.63, 3.8) is 0 Å². The van der Waals surface area contributed by atoms with Gasteiger partial charge in [0, 0.05) is 33.2 Å². The molecule has 0 aliphatic carbocycles. The maximum Gasteiger partial charge on any atom is 0.222 e. The van der Waals surface area contributed by atoms with Crippen molar-refractivity contribution < 1.29 is 14.6 Å². The monoisotopic (exact) mass is 189 g/mol. The summed E-state index contributed by atoms with van der Waals surface area (Å²) in [6.45, 7) is 3.69. The van der Waals surface area contributed by atoms with Crippen molar-refractivity contribution in [3.05, 3.63) is 0 Å². The SMILES string of the molecule is CCOCCCC(=O)N(C)CCO. The highest BCUT2D eigenvalue weighted by atomic mass is 16.5. The summed E-state index contributed by atoms with van der Waals surface area (Å²) >= 11 is 0. The van der Waals surface area contributed by atoms with E-state index >= 15 is 0 Å². The highest BCUT2D eigenvalue weighted by molar-refractivity contribution is 5.75. The topological polar surface area (TPSA) is 49.8 Å². The minimum atomic E-state index is 0.0215. The molecule has 0 spiro atoms. The Morgan fingerprint density at radius 1 is 1.54 bits per heavy atom. The van der Waals surface area contributed by atoms with Crippen molar-refractivity contribution >= 4 is 5.91 Å². The van der Waals surface area contributed by atoms with Gasteiger partial charge in [-0.2, -0.15) is 0 Å². The molecule has 4 nitrogen and oxygen atoms in total. The van der Waals surface area contributed by atoms with Gasteiger partial charge in [0.15, 0.2) is 0 Å². The van der Waals surface area contributed by atoms with Gasteiger partial charge in [0.25, 0.3) is 0 Å². The maximum absolute atomic E-state index is 11.3. The molecule has 4 heteroatoms. The number of carbonyl (C=O) groups excluding carboxylic acids is 1. The van der Waals surface area contributed by atoms with Crippen molar-refractivity contribution in [2.75, 3.05) is 33.4 Å². The molecule has 1 N–H and O–H groups in total. The second kappa shape index (κ2) is 8.01. The van der Waals surface area contributed by atoms with Gasteiger partial charge in [0.05, 0.1) is 6.61 Å². The molecule has 0 rings (SSSR count). The maximum atomic E-state index is 11.3. The number of rotatable bonds is 7. The van der Waals surface area contributed by atoms with E-state index in [0.717, 1.165) is 6.42 Å². The molecular formula is C9H19NO3. The summed E-state index contributed by atoms with van der Waals surface area (Å²) < 4.78 is 5.10. The fraction of sp³-hybridized carbons (Fsp3) is 0.889. The zero-order valence-corrected chi connectivity index (χ0v) is 8.45. The van der Waals surface area contributed by atoms with Gasteiger partial charge in [0.1, 0.15) is 0 Å². The first-order valence-electron chi connectivity index (χ1n) is 4.65. The Kier molecular flexibility index (Phi) is 7.63. The van der Waals surface area contributed by atoms with Crippen LogP contribution in [0.1, 0.15) is 19.8 Å². The van der Waals surface area contributed by atoms with Crippen LogP contribution >= 0.6 is 0 Å². The van der Waals surface area contributed by atoms with E-state index in [0.29, 0.717) is 26.2 Å². The van der Waals surface area contributed by atoms with Gasteiger partial charge < -0.3 is 14.7 Å². The van der Waals surface area contributed by atoms with Crippen LogP contribution in [0.5, 0.6) is 0 Å². The smallest absolute Gasteiger partial charge is 0.222 e. The Morgan fingerprint density at radius 2 is 2.23 bits per heavy atom. The van der Waals surface area contributed by atoms with Crippen LogP contribution in [-0.2, 0) is 9.53 Å². The number of amides is 1. The number of hydrogen-bond acceptors (Lipinski definition) is 3. The molecule has 0 bridgehead atoms. The Hall–Kier alpha value is -0.610. The minimum Gasteiger partial charge on any atom is -0.395 e. The normalized spacial score (nSPS) is 10.1. The van der Waals surface area contributed by atoms with E-state index in [1.165, 1.54) is 4.90 Å². The summed E-state index contributed by atoms with van der Waals surface area (Å²) in [5, 5.41) is 8.58. The largest absolute Gasteiger partial charge is 0.395 e. The third-order valence-electron chi connectivity index (χ3n) is 1.74. The Balaban J connectivity index is 3.38. The molecule has 78 valence electrons. The van der Waals surface area contributed by atoms with Crippen LogP contribution in [0.3, 0.4) is 0 Å². The molecule has 0 unspecified atom stereocenters. The number of hydrogen-bond donors (Lipinski definition) is 1. The van der Waals surface area contributed by atoms with Crippen LogP contribution in [0.2, 0.25) is 0 Å². The molecule has 0 heterocycles. The molecular weight excluding hydrogens is 170 g/mol. The molecule has 13 heavy (non-hydrogen) atoms. The molecule has 0 aromatic rings. The molecule has 0 atom stereocenters. The fourth-order valence-electron chi connectivity index (χ4n) is 0.935. The van der Waals surface area contributed by atoms with E-state index in [1.807, 2.05) is 6.92 Å². The van der Waals surface area contributed by atoms with Crippen LogP contribution < -0.4 is 0 Å². The Bertz CT molecular complexity index is 139. The summed E-state index contributed by atoms with van der Waals surface area (Å²) in [5.41, 5.74) is 0. The van der Waals surface area contributed by atoms with E-state index in [4.69, 9.17) is 9.84 Å². The van der Waals surface area contributed by atoms with Gasteiger partial charge in [-0.3, -0.25) is 4.79 Å². The van der Waals surface area contributed by atoms with Crippen LogP contribution in [0.25, 0.3) is 0 Å². The van der Waals surface area contributed by atoms with Crippen molar-refractivity contribution in [1.29, 1.82) is 0 Å². The number of aliphatic hydroxyl groups excluding tert-OH is 1. The first-order chi connectivity index (χ1) is 6.22. The standard InChI is InChI=1S/C9H19NO3/c1-3-13-8-4-5-9(12)10(2)6-7-11/h11H,3-8H2,1-2H3.